The van der Waals surface area contributed by atoms with Crippen LogP contribution in [0.4, 0.5) is 23.8 Å². The average Bonchev–Trinajstić information content (AvgIpc) is 3.96. The lowest BCUT2D eigenvalue weighted by Crippen LogP contribution is -2.56. The largest absolute Gasteiger partial charge is 0.497 e. The molecule has 0 saturated carbocycles. The number of fused-ring (bicyclic) bond motifs is 5. The van der Waals surface area contributed by atoms with Gasteiger partial charge < -0.3 is 38.9 Å². The van der Waals surface area contributed by atoms with E-state index in [9.17, 15) is 23.2 Å². The molecule has 15 nitrogen and oxygen atoms in total. The molecule has 4 saturated heterocycles. The Labute approximate surface area is 369 Å². The van der Waals surface area contributed by atoms with Gasteiger partial charge in [0.1, 0.15) is 41.1 Å². The number of nitrogens with zero attached hydrogens (tertiary/aromatic N) is 6. The second-order valence-corrected chi connectivity index (χ2v) is 16.7. The van der Waals surface area contributed by atoms with Crippen LogP contribution in [0.15, 0.2) is 30.5 Å². The summed E-state index contributed by atoms with van der Waals surface area (Å²) in [6.07, 6.45) is 11.2. The molecule has 18 heteroatoms. The molecular weight excluding hydrogens is 838 g/mol. The number of carbonyl (C=O) groups excluding carboxylic acids is 3. The van der Waals surface area contributed by atoms with Crippen LogP contribution in [-0.4, -0.2) is 138 Å². The zero-order chi connectivity index (χ0) is 46.3. The Bertz CT molecular complexity index is 2350. The molecule has 4 fully saturated rings. The lowest BCUT2D eigenvalue weighted by Gasteiger charge is -2.41. The van der Waals surface area contributed by atoms with Crippen molar-refractivity contribution in [2.24, 2.45) is 5.41 Å². The van der Waals surface area contributed by atoms with Gasteiger partial charge in [0, 0.05) is 56.2 Å². The van der Waals surface area contributed by atoms with Gasteiger partial charge in [-0.15, -0.1) is 6.42 Å². The number of aromatic nitrogens is 3. The summed E-state index contributed by atoms with van der Waals surface area (Å²) in [6, 6.07) is 6.13. The molecule has 1 amide bonds. The first kappa shape index (κ1) is 47.7. The van der Waals surface area contributed by atoms with Crippen molar-refractivity contribution < 1.29 is 56.7 Å². The predicted octanol–water partition coefficient (Wildman–Crippen LogP) is 5.97. The lowest BCUT2D eigenvalue weighted by atomic mass is 9.95. The van der Waals surface area contributed by atoms with Crippen LogP contribution >= 0.6 is 0 Å². The Morgan fingerprint density at radius 3 is 2.34 bits per heavy atom. The Kier molecular flexibility index (Phi) is 15.5. The number of terminal acetylenes is 1. The molecule has 2 aromatic carbocycles. The highest BCUT2D eigenvalue weighted by Crippen LogP contribution is 2.40. The standard InChI is InChI=1S/C34H33F2N5O6.C7H12FN.C5H10O3/c1-6-8-27(42)46-18(3)47-34(43)41-20-10-11-21(41)17-40(16-20)32-25-15-37-30(29(36)31(25)38-33(39-32)45-5)24-14-22(44-4)13-19-9-12-26(35)23(7-2)28(19)24;8-6-4-7-2-1-3-9(7)5-6;1-5(2-6,3-7)4-8/h2,9,12-15,18,20-21H,6,8,10-11,16-17H2,1,3-5H3;6-7H,1-5H2;2,7-8H,3-4H2,1H3/t;6-,7?;/m.1./s1. The third-order valence-corrected chi connectivity index (χ3v) is 12.0. The third kappa shape index (κ3) is 10.3. The molecule has 5 atom stereocenters. The number of anilines is 1. The van der Waals surface area contributed by atoms with Crippen molar-refractivity contribution in [1.29, 1.82) is 0 Å². The minimum atomic E-state index is -1.02. The molecule has 4 aliphatic heterocycles. The van der Waals surface area contributed by atoms with Gasteiger partial charge in [-0.3, -0.25) is 19.6 Å². The molecule has 4 aliphatic rings. The summed E-state index contributed by atoms with van der Waals surface area (Å²) in [5.41, 5.74) is -0.882. The number of ether oxygens (including phenoxy) is 4. The number of methoxy groups -OCH3 is 2. The number of aliphatic hydroxyl groups is 2. The molecule has 2 N–H and O–H groups in total. The minimum absolute atomic E-state index is 0.0252. The van der Waals surface area contributed by atoms with Gasteiger partial charge in [-0.25, -0.2) is 18.0 Å². The van der Waals surface area contributed by atoms with Crippen LogP contribution in [0.2, 0.25) is 0 Å². The summed E-state index contributed by atoms with van der Waals surface area (Å²) in [7, 11) is 2.86. The highest BCUT2D eigenvalue weighted by molar-refractivity contribution is 6.03. The van der Waals surface area contributed by atoms with Gasteiger partial charge in [0.2, 0.25) is 6.29 Å². The molecule has 0 radical (unpaired) electrons. The molecule has 0 aliphatic carbocycles. The van der Waals surface area contributed by atoms with E-state index in [1.807, 2.05) is 11.8 Å². The number of hydrogen-bond donors (Lipinski definition) is 2. The number of carbonyl (C=O) groups is 3. The van der Waals surface area contributed by atoms with Crippen LogP contribution in [0.3, 0.4) is 0 Å². The van der Waals surface area contributed by atoms with Crippen molar-refractivity contribution in [3.05, 3.63) is 47.7 Å². The third-order valence-electron chi connectivity index (χ3n) is 12.0. The number of halogens is 3. The topological polar surface area (TPSA) is 177 Å². The molecule has 2 aromatic heterocycles. The number of aliphatic hydroxyl groups excluding tert-OH is 2. The SMILES string of the molecule is C#Cc1c(F)ccc2cc(OC)cc(-c3ncc4c(N5CC6CCC(C5)N6C(=O)OC(C)OC(=O)CCC)nc(OC)nc4c3F)c12.CC(C=O)(CO)CO.F[C@@H]1CC2CCCN2C1. The first-order valence-electron chi connectivity index (χ1n) is 21.4. The molecule has 4 aromatic rings. The summed E-state index contributed by atoms with van der Waals surface area (Å²) >= 11 is 0. The quantitative estimate of drug-likeness (QED) is 0.0780. The monoisotopic (exact) mass is 892 g/mol. The van der Waals surface area contributed by atoms with Crippen LogP contribution in [0.5, 0.6) is 11.8 Å². The Balaban J connectivity index is 0.000000332. The lowest BCUT2D eigenvalue weighted by molar-refractivity contribution is -0.166. The fourth-order valence-corrected chi connectivity index (χ4v) is 8.60. The van der Waals surface area contributed by atoms with Crippen molar-refractivity contribution in [3.8, 4) is 35.4 Å². The number of hydrogen-bond acceptors (Lipinski definition) is 14. The van der Waals surface area contributed by atoms with Crippen molar-refractivity contribution in [1.82, 2.24) is 24.8 Å². The zero-order valence-electron chi connectivity index (χ0n) is 36.7. The van der Waals surface area contributed by atoms with Crippen molar-refractivity contribution in [2.75, 3.05) is 58.5 Å². The highest BCUT2D eigenvalue weighted by atomic mass is 19.1. The number of benzene rings is 2. The molecule has 344 valence electrons. The number of amides is 1. The van der Waals surface area contributed by atoms with Crippen LogP contribution in [0.25, 0.3) is 32.9 Å². The van der Waals surface area contributed by atoms with Gasteiger partial charge in [0.05, 0.1) is 55.9 Å². The fourth-order valence-electron chi connectivity index (χ4n) is 8.60. The summed E-state index contributed by atoms with van der Waals surface area (Å²) in [4.78, 5) is 54.3. The molecule has 0 spiro atoms. The second kappa shape index (κ2) is 20.8. The molecular formula is C46H55F3N6O9. The van der Waals surface area contributed by atoms with E-state index in [-0.39, 0.29) is 60.1 Å². The van der Waals surface area contributed by atoms with Crippen LogP contribution in [0, 0.1) is 29.4 Å². The number of pyridine rings is 1. The average molecular weight is 893 g/mol. The van der Waals surface area contributed by atoms with Gasteiger partial charge >= 0.3 is 18.1 Å². The molecule has 2 bridgehead atoms. The van der Waals surface area contributed by atoms with E-state index in [0.29, 0.717) is 79.0 Å². The Morgan fingerprint density at radius 2 is 1.75 bits per heavy atom. The summed E-state index contributed by atoms with van der Waals surface area (Å²) in [6.45, 7) is 6.86. The number of alkyl halides is 1. The number of piperazine rings is 1. The van der Waals surface area contributed by atoms with E-state index in [4.69, 9.17) is 35.6 Å². The van der Waals surface area contributed by atoms with E-state index in [0.717, 1.165) is 13.0 Å². The van der Waals surface area contributed by atoms with Crippen molar-refractivity contribution in [2.45, 2.75) is 96.3 Å². The van der Waals surface area contributed by atoms with Gasteiger partial charge in [0.15, 0.2) is 5.82 Å². The summed E-state index contributed by atoms with van der Waals surface area (Å²) < 4.78 is 65.5. The zero-order valence-corrected chi connectivity index (χ0v) is 36.7. The number of esters is 1. The van der Waals surface area contributed by atoms with Gasteiger partial charge in [-0.2, -0.15) is 9.97 Å². The summed E-state index contributed by atoms with van der Waals surface area (Å²) in [5, 5.41) is 18.0. The van der Waals surface area contributed by atoms with Crippen LogP contribution in [0.1, 0.15) is 71.3 Å². The van der Waals surface area contributed by atoms with Gasteiger partial charge in [-0.05, 0) is 75.6 Å². The van der Waals surface area contributed by atoms with Crippen molar-refractivity contribution >= 4 is 45.8 Å². The normalized spacial score (nSPS) is 20.6. The fraction of sp³-hybridized carbons (Fsp3) is 0.522. The first-order chi connectivity index (χ1) is 30.7. The highest BCUT2D eigenvalue weighted by Gasteiger charge is 2.45. The van der Waals surface area contributed by atoms with E-state index in [2.05, 4.69) is 25.8 Å². The van der Waals surface area contributed by atoms with Gasteiger partial charge in [0.25, 0.3) is 0 Å². The van der Waals surface area contributed by atoms with E-state index in [1.165, 1.54) is 53.2 Å². The molecule has 64 heavy (non-hydrogen) atoms. The smallest absolute Gasteiger partial charge is 0.413 e. The molecule has 4 unspecified atom stereocenters. The second-order valence-electron chi connectivity index (χ2n) is 16.7. The maximum Gasteiger partial charge on any atom is 0.413 e. The number of rotatable bonds is 11. The maximum atomic E-state index is 16.6. The maximum absolute atomic E-state index is 16.6. The van der Waals surface area contributed by atoms with Gasteiger partial charge in [-0.1, -0.05) is 18.9 Å². The predicted molar refractivity (Wildman–Crippen MR) is 231 cm³/mol. The van der Waals surface area contributed by atoms with Crippen LogP contribution in [-0.2, 0) is 19.1 Å². The van der Waals surface area contributed by atoms with E-state index < -0.39 is 41.6 Å². The molecule has 8 rings (SSSR count). The van der Waals surface area contributed by atoms with E-state index >= 15 is 4.39 Å². The van der Waals surface area contributed by atoms with E-state index in [1.54, 1.807) is 23.1 Å². The minimum Gasteiger partial charge on any atom is -0.497 e. The summed E-state index contributed by atoms with van der Waals surface area (Å²) in [5.74, 6) is 1.35. The first-order valence-corrected chi connectivity index (χ1v) is 21.4. The Hall–Kier alpha value is -5.77. The Morgan fingerprint density at radius 1 is 1.03 bits per heavy atom. The van der Waals surface area contributed by atoms with Crippen molar-refractivity contribution in [3.63, 3.8) is 0 Å². The molecule has 6 heterocycles. The number of aldehydes is 1. The van der Waals surface area contributed by atoms with Crippen LogP contribution < -0.4 is 14.4 Å².